The van der Waals surface area contributed by atoms with Crippen LogP contribution in [0.3, 0.4) is 0 Å². The number of ether oxygens (including phenoxy) is 1. The van der Waals surface area contributed by atoms with E-state index in [4.69, 9.17) is 26.8 Å². The molecule has 1 aromatic heterocycles. The van der Waals surface area contributed by atoms with E-state index in [-0.39, 0.29) is 68.0 Å². The molecule has 1 fully saturated rings. The minimum Gasteiger partial charge on any atom is -0.482 e. The van der Waals surface area contributed by atoms with E-state index in [1.54, 1.807) is 7.11 Å². The Balaban J connectivity index is 0.000000277. The number of anilines is 1. The van der Waals surface area contributed by atoms with Crippen molar-refractivity contribution in [1.29, 1.82) is 5.41 Å². The summed E-state index contributed by atoms with van der Waals surface area (Å²) in [5.74, 6) is -3.85. The van der Waals surface area contributed by atoms with E-state index in [9.17, 15) is 8.78 Å². The summed E-state index contributed by atoms with van der Waals surface area (Å²) in [6.45, 7) is 0.459. The molecule has 1 aromatic carbocycles. The first kappa shape index (κ1) is 24.5. The number of hydrogen-bond donors (Lipinski definition) is 4. The van der Waals surface area contributed by atoms with Crippen LogP contribution in [0.25, 0.3) is 5.73 Å². The smallest absolute Gasteiger partial charge is 0.257 e. The van der Waals surface area contributed by atoms with Crippen LogP contribution in [0, 0.1) is 11.3 Å². The first-order valence-electron chi connectivity index (χ1n) is 8.17. The van der Waals surface area contributed by atoms with Crippen LogP contribution in [0.15, 0.2) is 42.6 Å². The van der Waals surface area contributed by atoms with Crippen molar-refractivity contribution in [2.45, 2.75) is 18.4 Å². The minimum absolute atomic E-state index is 0. The number of benzene rings is 1. The zero-order valence-corrected chi connectivity index (χ0v) is 18.2. The van der Waals surface area contributed by atoms with Crippen molar-refractivity contribution in [3.05, 3.63) is 59.5 Å². The van der Waals surface area contributed by atoms with Crippen LogP contribution in [-0.4, -0.2) is 35.5 Å². The van der Waals surface area contributed by atoms with Crippen molar-refractivity contribution in [3.8, 4) is 0 Å². The maximum atomic E-state index is 12.7. The van der Waals surface area contributed by atoms with Gasteiger partial charge in [0, 0.05) is 63.2 Å². The van der Waals surface area contributed by atoms with Gasteiger partial charge in [0.05, 0.1) is 18.6 Å². The van der Waals surface area contributed by atoms with Crippen molar-refractivity contribution >= 4 is 17.2 Å². The summed E-state index contributed by atoms with van der Waals surface area (Å²) in [6.07, 6.45) is 0.905. The van der Waals surface area contributed by atoms with Gasteiger partial charge in [-0.15, -0.1) is 0 Å². The molecule has 6 N–H and O–H groups in total. The number of nitrogens with zero attached hydrogens (tertiary/aromatic N) is 1. The maximum Gasteiger partial charge on any atom is 0.257 e. The summed E-state index contributed by atoms with van der Waals surface area (Å²) < 4.78 is 30.3. The van der Waals surface area contributed by atoms with Crippen LogP contribution in [-0.2, 0) is 37.4 Å². The molecule has 3 rings (SSSR count). The molecule has 0 aliphatic heterocycles. The fraction of sp³-hybridized carbons (Fsp3) is 0.333. The Morgan fingerprint density at radius 3 is 2.54 bits per heavy atom. The molecule has 1 heterocycles. The maximum absolute atomic E-state index is 12.7. The zero-order chi connectivity index (χ0) is 20.0. The van der Waals surface area contributed by atoms with Gasteiger partial charge in [0.15, 0.2) is 0 Å². The van der Waals surface area contributed by atoms with Crippen LogP contribution < -0.4 is 11.2 Å². The second-order valence-electron chi connectivity index (χ2n) is 6.14. The monoisotopic (exact) mass is 467 g/mol. The van der Waals surface area contributed by atoms with Gasteiger partial charge in [0.2, 0.25) is 0 Å². The van der Waals surface area contributed by atoms with E-state index < -0.39 is 11.8 Å². The van der Waals surface area contributed by atoms with Crippen LogP contribution in [0.5, 0.6) is 0 Å². The number of nitrogen functional groups attached to an aromatic ring is 1. The van der Waals surface area contributed by atoms with Gasteiger partial charge in [-0.05, 0) is 11.6 Å². The summed E-state index contributed by atoms with van der Waals surface area (Å²) >= 11 is 0. The molecule has 2 atom stereocenters. The largest absolute Gasteiger partial charge is 0.482 e. The predicted octanol–water partition coefficient (Wildman–Crippen LogP) is 3.72. The standard InChI is InChI=1S/C9H9F2N4.C9H13NO2.Y/c10-9(11)2-5(9)8(14)4-3-15-7(13)1-6(4)12;1-12-7-9(10-11)8-5-3-2-4-6-8;/h1,3,5,14H,2H2,(H3-,12,13,15);2-6,9-11H,7H2,1H3;/q-1;;. The number of hydroxylamine groups is 1. The third-order valence-corrected chi connectivity index (χ3v) is 4.09. The molecule has 149 valence electrons. The molecule has 0 bridgehead atoms. The minimum atomic E-state index is -2.77. The first-order chi connectivity index (χ1) is 12.8. The average Bonchev–Trinajstić information content (AvgIpc) is 3.29. The molecule has 10 heteroatoms. The molecule has 1 aliphatic carbocycles. The van der Waals surface area contributed by atoms with E-state index in [2.05, 4.69) is 10.5 Å². The van der Waals surface area contributed by atoms with Crippen LogP contribution in [0.1, 0.15) is 23.6 Å². The number of nitrogens with two attached hydrogens (primary N) is 1. The second-order valence-corrected chi connectivity index (χ2v) is 6.14. The van der Waals surface area contributed by atoms with Gasteiger partial charge < -0.3 is 31.8 Å². The van der Waals surface area contributed by atoms with Gasteiger partial charge in [0.25, 0.3) is 5.92 Å². The van der Waals surface area contributed by atoms with Crippen molar-refractivity contribution in [2.24, 2.45) is 5.92 Å². The van der Waals surface area contributed by atoms with Gasteiger partial charge in [-0.3, -0.25) is 0 Å². The summed E-state index contributed by atoms with van der Waals surface area (Å²) in [5, 5.41) is 16.3. The van der Waals surface area contributed by atoms with Crippen molar-refractivity contribution in [2.75, 3.05) is 19.5 Å². The predicted molar refractivity (Wildman–Crippen MR) is 98.5 cm³/mol. The Kier molecular flexibility index (Phi) is 9.52. The third kappa shape index (κ3) is 6.53. The Labute approximate surface area is 187 Å². The number of aromatic nitrogens is 1. The summed E-state index contributed by atoms with van der Waals surface area (Å²) in [4.78, 5) is 3.62. The number of methoxy groups -OCH3 is 1. The van der Waals surface area contributed by atoms with Crippen LogP contribution in [0.4, 0.5) is 20.3 Å². The van der Waals surface area contributed by atoms with E-state index in [0.717, 1.165) is 5.56 Å². The number of pyridine rings is 1. The van der Waals surface area contributed by atoms with Gasteiger partial charge in [-0.25, -0.2) is 8.78 Å². The Bertz CT molecular complexity index is 780. The van der Waals surface area contributed by atoms with Gasteiger partial charge in [0.1, 0.15) is 0 Å². The Morgan fingerprint density at radius 2 is 2.07 bits per heavy atom. The van der Waals surface area contributed by atoms with E-state index in [1.165, 1.54) is 12.3 Å². The molecule has 2 aromatic rings. The van der Waals surface area contributed by atoms with Crippen LogP contribution >= 0.6 is 0 Å². The summed E-state index contributed by atoms with van der Waals surface area (Å²) in [7, 11) is 1.60. The fourth-order valence-corrected chi connectivity index (χ4v) is 2.47. The molecule has 0 amide bonds. The number of rotatable bonds is 6. The van der Waals surface area contributed by atoms with Crippen molar-refractivity contribution < 1.29 is 51.4 Å². The summed E-state index contributed by atoms with van der Waals surface area (Å²) in [6, 6.07) is 10.8. The quantitative estimate of drug-likeness (QED) is 0.380. The Morgan fingerprint density at radius 1 is 1.46 bits per heavy atom. The number of alkyl halides is 2. The van der Waals surface area contributed by atoms with E-state index >= 15 is 0 Å². The number of nitrogens with one attached hydrogen (secondary N) is 3. The SMILES string of the molecule is COCC(NO)c1ccccc1.N=C(c1cnc([NH-])cc1N)C1CC1(F)F.[Y]. The molecule has 2 unspecified atom stereocenters. The Hall–Kier alpha value is -1.52. The van der Waals surface area contributed by atoms with Crippen molar-refractivity contribution in [3.63, 3.8) is 0 Å². The van der Waals surface area contributed by atoms with Crippen molar-refractivity contribution in [1.82, 2.24) is 10.5 Å². The summed E-state index contributed by atoms with van der Waals surface area (Å²) in [5.41, 5.74) is 16.1. The molecule has 0 saturated heterocycles. The van der Waals surface area contributed by atoms with E-state index in [1.807, 2.05) is 30.3 Å². The number of hydrogen-bond acceptors (Lipinski definition) is 6. The topological polar surface area (TPSA) is 128 Å². The molecule has 28 heavy (non-hydrogen) atoms. The van der Waals surface area contributed by atoms with Crippen LogP contribution in [0.2, 0.25) is 0 Å². The fourth-order valence-electron chi connectivity index (χ4n) is 2.47. The van der Waals surface area contributed by atoms with Gasteiger partial charge in [-0.2, -0.15) is 5.48 Å². The molecular weight excluding hydrogens is 445 g/mol. The zero-order valence-electron chi connectivity index (χ0n) is 15.3. The molecule has 7 nitrogen and oxygen atoms in total. The third-order valence-electron chi connectivity index (χ3n) is 4.09. The normalized spacial score (nSPS) is 17.5. The number of halogens is 2. The van der Waals surface area contributed by atoms with Gasteiger partial charge >= 0.3 is 0 Å². The van der Waals surface area contributed by atoms with E-state index in [0.29, 0.717) is 6.61 Å². The molecular formula is C18H22F2N5O2Y-. The van der Waals surface area contributed by atoms with Gasteiger partial charge in [-0.1, -0.05) is 42.3 Å². The molecule has 0 spiro atoms. The first-order valence-corrected chi connectivity index (χ1v) is 8.17. The molecule has 1 aliphatic rings. The molecule has 1 saturated carbocycles. The second kappa shape index (κ2) is 10.9. The average molecular weight is 467 g/mol. The molecule has 1 radical (unpaired) electrons.